The van der Waals surface area contributed by atoms with Crippen LogP contribution >= 0.6 is 46.4 Å². The maximum atomic E-state index is 14.4. The Labute approximate surface area is 218 Å². The highest BCUT2D eigenvalue weighted by Crippen LogP contribution is 2.65. The van der Waals surface area contributed by atoms with E-state index in [0.29, 0.717) is 16.7 Å². The number of hydrogen-bond acceptors (Lipinski definition) is 3. The van der Waals surface area contributed by atoms with Crippen LogP contribution in [0.25, 0.3) is 0 Å². The molecular weight excluding hydrogens is 547 g/mol. The summed E-state index contributed by atoms with van der Waals surface area (Å²) < 4.78 is 40.3. The highest BCUT2D eigenvalue weighted by Gasteiger charge is 2.67. The predicted molar refractivity (Wildman–Crippen MR) is 131 cm³/mol. The molecule has 4 rings (SSSR count). The molecule has 3 N–H and O–H groups in total. The zero-order valence-corrected chi connectivity index (χ0v) is 20.5. The van der Waals surface area contributed by atoms with E-state index in [9.17, 15) is 22.8 Å². The lowest BCUT2D eigenvalue weighted by atomic mass is 10.0. The lowest BCUT2D eigenvalue weighted by Gasteiger charge is -2.10. The summed E-state index contributed by atoms with van der Waals surface area (Å²) in [5.74, 6) is -5.63. The summed E-state index contributed by atoms with van der Waals surface area (Å²) in [4.78, 5) is 25.5. The van der Waals surface area contributed by atoms with Crippen molar-refractivity contribution in [3.05, 3.63) is 92.7 Å². The van der Waals surface area contributed by atoms with Gasteiger partial charge in [0.05, 0.1) is 27.2 Å². The zero-order chi connectivity index (χ0) is 25.7. The average Bonchev–Trinajstić information content (AvgIpc) is 3.37. The van der Waals surface area contributed by atoms with Crippen molar-refractivity contribution in [3.63, 3.8) is 0 Å². The molecule has 0 aromatic heterocycles. The molecule has 2 atom stereocenters. The molecule has 0 aliphatic heterocycles. The summed E-state index contributed by atoms with van der Waals surface area (Å²) >= 11 is 24.7. The van der Waals surface area contributed by atoms with Crippen molar-refractivity contribution in [2.45, 2.75) is 16.7 Å². The number of ketones is 1. The molecule has 35 heavy (non-hydrogen) atoms. The first-order valence-corrected chi connectivity index (χ1v) is 11.6. The fourth-order valence-electron chi connectivity index (χ4n) is 3.83. The van der Waals surface area contributed by atoms with Gasteiger partial charge in [0.2, 0.25) is 5.91 Å². The summed E-state index contributed by atoms with van der Waals surface area (Å²) in [5.41, 5.74) is 5.20. The molecule has 1 fully saturated rings. The van der Waals surface area contributed by atoms with Crippen LogP contribution in [0.15, 0.2) is 48.5 Å². The molecule has 0 spiro atoms. The summed E-state index contributed by atoms with van der Waals surface area (Å²) in [6, 6.07) is 9.65. The minimum Gasteiger partial charge on any atom is -0.396 e. The largest absolute Gasteiger partial charge is 0.396 e. The van der Waals surface area contributed by atoms with Crippen LogP contribution in [0, 0.1) is 23.4 Å². The normalized spacial score (nSPS) is 18.3. The second kappa shape index (κ2) is 9.54. The molecule has 0 heterocycles. The number of nitrogens with one attached hydrogen (secondary N) is 1. The van der Waals surface area contributed by atoms with Crippen LogP contribution < -0.4 is 11.1 Å². The van der Waals surface area contributed by atoms with Crippen molar-refractivity contribution >= 4 is 69.5 Å². The van der Waals surface area contributed by atoms with Gasteiger partial charge in [-0.05, 0) is 47.5 Å². The number of alkyl halides is 2. The van der Waals surface area contributed by atoms with E-state index in [1.807, 2.05) is 0 Å². The number of nitrogens with two attached hydrogens (primary N) is 1. The smallest absolute Gasteiger partial charge is 0.231 e. The highest BCUT2D eigenvalue weighted by atomic mass is 35.5. The Bertz CT molecular complexity index is 1370. The first kappa shape index (κ1) is 25.6. The van der Waals surface area contributed by atoms with Gasteiger partial charge in [-0.2, -0.15) is 0 Å². The Balaban J connectivity index is 1.52. The van der Waals surface area contributed by atoms with Gasteiger partial charge in [0.15, 0.2) is 5.78 Å². The molecule has 1 aliphatic rings. The lowest BCUT2D eigenvalue weighted by molar-refractivity contribution is -0.117. The molecule has 11 heteroatoms. The summed E-state index contributed by atoms with van der Waals surface area (Å²) in [6.07, 6.45) is -0.570. The van der Waals surface area contributed by atoms with Crippen LogP contribution in [0.1, 0.15) is 27.4 Å². The second-order valence-electron chi connectivity index (χ2n) is 8.05. The third kappa shape index (κ3) is 5.09. The molecule has 3 aromatic carbocycles. The second-order valence-corrected chi connectivity index (χ2v) is 10.3. The van der Waals surface area contributed by atoms with E-state index in [1.54, 1.807) is 18.2 Å². The maximum absolute atomic E-state index is 14.4. The number of Topliss-reactive ketones (excluding diaryl/α,β-unsaturated/α-hetero) is 1. The van der Waals surface area contributed by atoms with Crippen LogP contribution in [0.5, 0.6) is 0 Å². The van der Waals surface area contributed by atoms with Crippen molar-refractivity contribution in [3.8, 4) is 0 Å². The van der Waals surface area contributed by atoms with E-state index in [2.05, 4.69) is 5.32 Å². The maximum Gasteiger partial charge on any atom is 0.231 e. The quantitative estimate of drug-likeness (QED) is 0.194. The molecule has 1 saturated carbocycles. The van der Waals surface area contributed by atoms with Gasteiger partial charge >= 0.3 is 0 Å². The standard InChI is InChI=1S/C24H15Cl4F3N2O2/c25-14-3-1-10(5-15(14)26)21-22(24(21,27)28)23(35)33-12-2-4-16(29)13(8-12)20(34)7-11-6-19(32)18(31)9-17(11)30/h1-6,8-9,21-22H,7,32H2,(H,33,35)/t21-,22+/m0/s1. The summed E-state index contributed by atoms with van der Waals surface area (Å²) in [5, 5.41) is 3.18. The average molecular weight is 562 g/mol. The van der Waals surface area contributed by atoms with E-state index >= 15 is 0 Å². The summed E-state index contributed by atoms with van der Waals surface area (Å²) in [7, 11) is 0. The topological polar surface area (TPSA) is 72.2 Å². The van der Waals surface area contributed by atoms with Crippen LogP contribution in [-0.4, -0.2) is 16.0 Å². The van der Waals surface area contributed by atoms with Crippen molar-refractivity contribution in [2.24, 2.45) is 5.92 Å². The van der Waals surface area contributed by atoms with Gasteiger partial charge in [0.1, 0.15) is 21.8 Å². The van der Waals surface area contributed by atoms with Crippen LogP contribution in [0.4, 0.5) is 24.5 Å². The van der Waals surface area contributed by atoms with E-state index in [4.69, 9.17) is 52.1 Å². The minimum absolute atomic E-state index is 0.0998. The van der Waals surface area contributed by atoms with E-state index in [-0.39, 0.29) is 22.0 Å². The van der Waals surface area contributed by atoms with Gasteiger partial charge in [0.25, 0.3) is 0 Å². The number of amides is 1. The van der Waals surface area contributed by atoms with Gasteiger partial charge in [-0.1, -0.05) is 29.3 Å². The Morgan fingerprint density at radius 3 is 2.31 bits per heavy atom. The lowest BCUT2D eigenvalue weighted by Crippen LogP contribution is -2.18. The molecule has 0 unspecified atom stereocenters. The van der Waals surface area contributed by atoms with Crippen molar-refractivity contribution in [2.75, 3.05) is 11.1 Å². The number of halogens is 7. The van der Waals surface area contributed by atoms with Gasteiger partial charge in [-0.25, -0.2) is 13.2 Å². The van der Waals surface area contributed by atoms with E-state index in [0.717, 1.165) is 18.2 Å². The zero-order valence-electron chi connectivity index (χ0n) is 17.5. The highest BCUT2D eigenvalue weighted by molar-refractivity contribution is 6.53. The molecule has 0 radical (unpaired) electrons. The fourth-order valence-corrected chi connectivity index (χ4v) is 4.96. The molecule has 1 amide bonds. The Hall–Kier alpha value is -2.45. The third-order valence-electron chi connectivity index (χ3n) is 5.69. The number of benzene rings is 3. The van der Waals surface area contributed by atoms with Gasteiger partial charge < -0.3 is 11.1 Å². The van der Waals surface area contributed by atoms with Crippen molar-refractivity contribution in [1.82, 2.24) is 0 Å². The van der Waals surface area contributed by atoms with E-state index in [1.165, 1.54) is 6.07 Å². The number of carbonyl (C=O) groups excluding carboxylic acids is 2. The number of nitrogen functional groups attached to an aromatic ring is 1. The molecule has 4 nitrogen and oxygen atoms in total. The number of anilines is 2. The number of rotatable bonds is 6. The molecule has 3 aromatic rings. The number of carbonyl (C=O) groups is 2. The Morgan fingerprint density at radius 2 is 1.63 bits per heavy atom. The Morgan fingerprint density at radius 1 is 0.914 bits per heavy atom. The van der Waals surface area contributed by atoms with Gasteiger partial charge in [0, 0.05) is 24.1 Å². The fraction of sp³-hybridized carbons (Fsp3) is 0.167. The van der Waals surface area contributed by atoms with Crippen molar-refractivity contribution < 1.29 is 22.8 Å². The van der Waals surface area contributed by atoms with Crippen LogP contribution in [0.2, 0.25) is 10.0 Å². The monoisotopic (exact) mass is 560 g/mol. The molecule has 0 bridgehead atoms. The first-order valence-electron chi connectivity index (χ1n) is 10.1. The van der Waals surface area contributed by atoms with Crippen LogP contribution in [0.3, 0.4) is 0 Å². The van der Waals surface area contributed by atoms with Gasteiger partial charge in [-0.15, -0.1) is 23.2 Å². The predicted octanol–water partition coefficient (Wildman–Crippen LogP) is 6.94. The van der Waals surface area contributed by atoms with Crippen molar-refractivity contribution in [1.29, 1.82) is 0 Å². The van der Waals surface area contributed by atoms with Crippen LogP contribution in [-0.2, 0) is 11.2 Å². The molecule has 0 saturated heterocycles. The SMILES string of the molecule is Nc1cc(CC(=O)c2cc(NC(=O)[C@H]3[C@H](c4ccc(Cl)c(Cl)c4)C3(Cl)Cl)ccc2F)c(F)cc1F. The molecule has 182 valence electrons. The Kier molecular flexibility index (Phi) is 6.99. The third-order valence-corrected chi connectivity index (χ3v) is 7.37. The first-order chi connectivity index (χ1) is 16.4. The minimum atomic E-state index is -1.42. The van der Waals surface area contributed by atoms with Gasteiger partial charge in [-0.3, -0.25) is 9.59 Å². The molecule has 1 aliphatic carbocycles. The number of hydrogen-bond donors (Lipinski definition) is 2. The summed E-state index contributed by atoms with van der Waals surface area (Å²) in [6.45, 7) is 0. The molecular formula is C24H15Cl4F3N2O2. The van der Waals surface area contributed by atoms with E-state index < -0.39 is 57.3 Å².